The van der Waals surface area contributed by atoms with E-state index in [1.807, 2.05) is 24.3 Å². The summed E-state index contributed by atoms with van der Waals surface area (Å²) >= 11 is 0. The number of halogens is 1. The molecule has 0 saturated heterocycles. The van der Waals surface area contributed by atoms with Crippen molar-refractivity contribution >= 4 is 34.2 Å². The predicted octanol–water partition coefficient (Wildman–Crippen LogP) is 2.96. The Hall–Kier alpha value is -2.12. The van der Waals surface area contributed by atoms with Crippen molar-refractivity contribution in [3.05, 3.63) is 42.5 Å². The van der Waals surface area contributed by atoms with E-state index < -0.39 is 0 Å². The highest BCUT2D eigenvalue weighted by atomic mass is 35.5. The maximum atomic E-state index is 5.79. The number of pyridine rings is 1. The van der Waals surface area contributed by atoms with Gasteiger partial charge in [0.2, 0.25) is 0 Å². The van der Waals surface area contributed by atoms with E-state index >= 15 is 0 Å². The summed E-state index contributed by atoms with van der Waals surface area (Å²) in [6.07, 6.45) is 0. The summed E-state index contributed by atoms with van der Waals surface area (Å²) in [4.78, 5) is 4.80. The Morgan fingerprint density at radius 2 is 1.21 bits per heavy atom. The van der Waals surface area contributed by atoms with Gasteiger partial charge in [0.1, 0.15) is 24.7 Å². The van der Waals surface area contributed by atoms with Crippen molar-refractivity contribution in [2.45, 2.75) is 13.8 Å². The van der Waals surface area contributed by atoms with Crippen molar-refractivity contribution in [3.63, 3.8) is 0 Å². The Kier molecular flexibility index (Phi) is 10.6. The molecule has 0 saturated carbocycles. The lowest BCUT2D eigenvalue weighted by Crippen LogP contribution is -2.20. The van der Waals surface area contributed by atoms with Gasteiger partial charge in [-0.2, -0.15) is 0 Å². The minimum atomic E-state index is 0. The molecule has 0 aliphatic carbocycles. The maximum Gasteiger partial charge on any atom is 0.121 e. The van der Waals surface area contributed by atoms with Crippen LogP contribution in [-0.4, -0.2) is 49.9 Å². The van der Waals surface area contributed by atoms with Gasteiger partial charge < -0.3 is 25.6 Å². The van der Waals surface area contributed by atoms with Crippen LogP contribution in [0.1, 0.15) is 13.8 Å². The van der Waals surface area contributed by atoms with Gasteiger partial charge in [-0.3, -0.25) is 0 Å². The van der Waals surface area contributed by atoms with Crippen LogP contribution >= 0.6 is 12.4 Å². The number of nitrogens with zero attached hydrogens (tertiary/aromatic N) is 1. The van der Waals surface area contributed by atoms with Crippen molar-refractivity contribution < 1.29 is 14.9 Å². The quantitative estimate of drug-likeness (QED) is 0.398. The molecule has 0 aliphatic rings. The zero-order valence-corrected chi connectivity index (χ0v) is 17.3. The van der Waals surface area contributed by atoms with Gasteiger partial charge in [-0.1, -0.05) is 13.8 Å². The average molecular weight is 408 g/mol. The molecule has 154 valence electrons. The minimum absolute atomic E-state index is 0. The fraction of sp³-hybridized carbons (Fsp3) is 0.381. The maximum absolute atomic E-state index is 5.79. The Morgan fingerprint density at radius 1 is 0.750 bits per heavy atom. The van der Waals surface area contributed by atoms with Gasteiger partial charge in [0.25, 0.3) is 0 Å². The number of rotatable bonds is 10. The molecule has 0 radical (unpaired) electrons. The zero-order chi connectivity index (χ0) is 18.2. The molecule has 0 unspecified atom stereocenters. The summed E-state index contributed by atoms with van der Waals surface area (Å²) in [6.45, 7) is 9.06. The summed E-state index contributed by atoms with van der Waals surface area (Å²) in [5, 5.41) is 8.72. The molecule has 0 amide bonds. The molecule has 2 aromatic carbocycles. The van der Waals surface area contributed by atoms with Crippen molar-refractivity contribution in [3.8, 4) is 11.5 Å². The lowest BCUT2D eigenvalue weighted by atomic mass is 10.1. The van der Waals surface area contributed by atoms with Crippen LogP contribution in [0.4, 0.5) is 0 Å². The molecule has 0 atom stereocenters. The zero-order valence-electron chi connectivity index (χ0n) is 16.5. The molecule has 7 heteroatoms. The van der Waals surface area contributed by atoms with E-state index in [-0.39, 0.29) is 17.9 Å². The third-order valence-electron chi connectivity index (χ3n) is 4.15. The van der Waals surface area contributed by atoms with E-state index in [9.17, 15) is 0 Å². The number of aromatic nitrogens is 1. The fourth-order valence-electron chi connectivity index (χ4n) is 2.80. The van der Waals surface area contributed by atoms with Crippen LogP contribution in [0, 0.1) is 0 Å². The second-order valence-corrected chi connectivity index (χ2v) is 6.10. The Balaban J connectivity index is 0.00000196. The number of ether oxygens (including phenoxy) is 2. The van der Waals surface area contributed by atoms with Gasteiger partial charge in [0.05, 0.1) is 11.0 Å². The molecule has 1 aromatic heterocycles. The van der Waals surface area contributed by atoms with Gasteiger partial charge in [-0.25, -0.2) is 4.98 Å². The van der Waals surface area contributed by atoms with Crippen LogP contribution in [0.25, 0.3) is 21.8 Å². The standard InChI is InChI=1S/C21H27N3O2.ClH.H2O/c1-3-22-9-11-25-18-7-5-16-13-17-6-8-19(26-12-10-23-4-2)15-21(17)24-20(16)14-18;;/h5-8,13-15,22-23H,3-4,9-12H2,1-2H3;1H;1H2. The topological polar surface area (TPSA) is 86.9 Å². The van der Waals surface area contributed by atoms with Gasteiger partial charge in [-0.05, 0) is 43.4 Å². The van der Waals surface area contributed by atoms with Crippen molar-refractivity contribution in [1.82, 2.24) is 15.6 Å². The third-order valence-corrected chi connectivity index (χ3v) is 4.15. The first-order valence-electron chi connectivity index (χ1n) is 9.31. The van der Waals surface area contributed by atoms with E-state index in [4.69, 9.17) is 14.5 Å². The molecule has 0 fully saturated rings. The Bertz CT molecular complexity index is 794. The van der Waals surface area contributed by atoms with E-state index in [0.717, 1.165) is 59.5 Å². The second-order valence-electron chi connectivity index (χ2n) is 6.10. The molecule has 3 rings (SSSR count). The second kappa shape index (κ2) is 12.4. The lowest BCUT2D eigenvalue weighted by Gasteiger charge is -2.09. The molecule has 6 nitrogen and oxygen atoms in total. The van der Waals surface area contributed by atoms with Crippen LogP contribution in [-0.2, 0) is 0 Å². The molecule has 0 bridgehead atoms. The van der Waals surface area contributed by atoms with Crippen LogP contribution in [0.15, 0.2) is 42.5 Å². The first-order chi connectivity index (χ1) is 12.8. The van der Waals surface area contributed by atoms with E-state index in [1.54, 1.807) is 0 Å². The van der Waals surface area contributed by atoms with Gasteiger partial charge in [-0.15, -0.1) is 12.4 Å². The smallest absolute Gasteiger partial charge is 0.121 e. The Labute approximate surface area is 172 Å². The van der Waals surface area contributed by atoms with Gasteiger partial charge in [0.15, 0.2) is 0 Å². The average Bonchev–Trinajstić information content (AvgIpc) is 2.67. The number of fused-ring (bicyclic) bond motifs is 2. The summed E-state index contributed by atoms with van der Waals surface area (Å²) in [7, 11) is 0. The number of benzene rings is 2. The fourth-order valence-corrected chi connectivity index (χ4v) is 2.80. The molecule has 1 heterocycles. The van der Waals surface area contributed by atoms with Crippen molar-refractivity contribution in [1.29, 1.82) is 0 Å². The lowest BCUT2D eigenvalue weighted by molar-refractivity contribution is 0.316. The minimum Gasteiger partial charge on any atom is -0.492 e. The third kappa shape index (κ3) is 6.49. The SMILES string of the molecule is CCNCCOc1ccc2cc3ccc(OCCNCC)cc3nc2c1.Cl.O. The molecule has 4 N–H and O–H groups in total. The highest BCUT2D eigenvalue weighted by molar-refractivity contribution is 5.93. The highest BCUT2D eigenvalue weighted by Gasteiger charge is 2.04. The largest absolute Gasteiger partial charge is 0.492 e. The number of hydrogen-bond donors (Lipinski definition) is 2. The van der Waals surface area contributed by atoms with E-state index in [2.05, 4.69) is 42.7 Å². The Morgan fingerprint density at radius 3 is 1.64 bits per heavy atom. The number of nitrogens with one attached hydrogen (secondary N) is 2. The number of likely N-dealkylation sites (N-methyl/N-ethyl adjacent to an activating group) is 2. The van der Waals surface area contributed by atoms with Crippen molar-refractivity contribution in [2.24, 2.45) is 0 Å². The van der Waals surface area contributed by atoms with Crippen LogP contribution in [0.3, 0.4) is 0 Å². The van der Waals surface area contributed by atoms with Gasteiger partial charge >= 0.3 is 0 Å². The molecule has 0 spiro atoms. The van der Waals surface area contributed by atoms with Crippen LogP contribution in [0.2, 0.25) is 0 Å². The first-order valence-corrected chi connectivity index (χ1v) is 9.31. The summed E-state index contributed by atoms with van der Waals surface area (Å²) in [6, 6.07) is 14.3. The van der Waals surface area contributed by atoms with Crippen LogP contribution in [0.5, 0.6) is 11.5 Å². The summed E-state index contributed by atoms with van der Waals surface area (Å²) < 4.78 is 11.6. The highest BCUT2D eigenvalue weighted by Crippen LogP contribution is 2.26. The van der Waals surface area contributed by atoms with Crippen molar-refractivity contribution in [2.75, 3.05) is 39.4 Å². The first kappa shape index (κ1) is 23.9. The molecule has 3 aromatic rings. The predicted molar refractivity (Wildman–Crippen MR) is 118 cm³/mol. The molecule has 28 heavy (non-hydrogen) atoms. The summed E-state index contributed by atoms with van der Waals surface area (Å²) in [5.74, 6) is 1.69. The van der Waals surface area contributed by atoms with Gasteiger partial charge in [0, 0.05) is 36.0 Å². The molecular weight excluding hydrogens is 378 g/mol. The number of hydrogen-bond acceptors (Lipinski definition) is 5. The molecule has 0 aliphatic heterocycles. The monoisotopic (exact) mass is 407 g/mol. The van der Waals surface area contributed by atoms with Crippen LogP contribution < -0.4 is 20.1 Å². The summed E-state index contributed by atoms with van der Waals surface area (Å²) in [5.41, 5.74) is 1.87. The van der Waals surface area contributed by atoms with E-state index in [0.29, 0.717) is 13.2 Å². The molecular formula is C21H30ClN3O3. The van der Waals surface area contributed by atoms with E-state index in [1.165, 1.54) is 0 Å². The normalized spacial score (nSPS) is 10.4.